The number of aryl methyl sites for hydroxylation is 2. The van der Waals surface area contributed by atoms with E-state index in [4.69, 9.17) is 11.5 Å². The van der Waals surface area contributed by atoms with E-state index < -0.39 is 0 Å². The number of nitrogens with two attached hydrogens (primary N) is 2. The molecule has 0 aromatic heterocycles. The summed E-state index contributed by atoms with van der Waals surface area (Å²) in [6, 6.07) is 13.5. The molecule has 0 radical (unpaired) electrons. The number of nitrogens with zero attached hydrogens (tertiary/aromatic N) is 1. The lowest BCUT2D eigenvalue weighted by Gasteiger charge is -2.17. The average Bonchev–Trinajstić information content (AvgIpc) is 2.77. The highest BCUT2D eigenvalue weighted by Gasteiger charge is 2.26. The third-order valence-corrected chi connectivity index (χ3v) is 6.34. The lowest BCUT2D eigenvalue weighted by molar-refractivity contribution is 0.106. The normalized spacial score (nSPS) is 14.0. The smallest absolute Gasteiger partial charge is 0.215 e. The van der Waals surface area contributed by atoms with E-state index in [2.05, 4.69) is 35.3 Å². The van der Waals surface area contributed by atoms with Crippen molar-refractivity contribution in [3.63, 3.8) is 0 Å². The number of benzene rings is 3. The standard InChI is InChI=1S/C24H22N4O2S2/c1-12-9-14(3-6-17(12)25)15-4-7-18(13(2)10-15)27-28-19-8-5-16-20(31)11-21(32-30)23(26)22(16)24(19)29/h3-11,27,30-31H,25-26H2,1-2H3/b28-19+. The third-order valence-electron chi connectivity index (χ3n) is 5.44. The molecule has 3 aromatic rings. The molecule has 1 aliphatic carbocycles. The van der Waals surface area contributed by atoms with Gasteiger partial charge in [-0.05, 0) is 72.5 Å². The Labute approximate surface area is 196 Å². The largest absolute Gasteiger partial charge is 0.399 e. The second-order valence-electron chi connectivity index (χ2n) is 7.56. The van der Waals surface area contributed by atoms with Crippen molar-refractivity contribution in [2.24, 2.45) is 5.10 Å². The average molecular weight is 463 g/mol. The quantitative estimate of drug-likeness (QED) is 0.148. The highest BCUT2D eigenvalue weighted by molar-refractivity contribution is 7.94. The molecule has 1 aliphatic rings. The number of carbonyl (C=O) groups is 1. The lowest BCUT2D eigenvalue weighted by Crippen LogP contribution is -2.20. The second-order valence-corrected chi connectivity index (χ2v) is 8.66. The van der Waals surface area contributed by atoms with Crippen molar-refractivity contribution in [2.45, 2.75) is 23.6 Å². The number of hydrogen-bond donors (Lipinski definition) is 5. The topological polar surface area (TPSA) is 114 Å². The molecule has 0 aliphatic heterocycles. The number of hydrogen-bond acceptors (Lipinski definition) is 8. The summed E-state index contributed by atoms with van der Waals surface area (Å²) in [6.45, 7) is 3.95. The molecule has 0 unspecified atom stereocenters. The monoisotopic (exact) mass is 462 g/mol. The van der Waals surface area contributed by atoms with Crippen LogP contribution in [0.25, 0.3) is 17.2 Å². The highest BCUT2D eigenvalue weighted by atomic mass is 32.2. The number of thiol groups is 1. The fraction of sp³-hybridized carbons (Fsp3) is 0.0833. The first-order chi connectivity index (χ1) is 15.3. The Morgan fingerprint density at radius 3 is 2.34 bits per heavy atom. The van der Waals surface area contributed by atoms with E-state index in [-0.39, 0.29) is 17.2 Å². The fourth-order valence-corrected chi connectivity index (χ4v) is 4.34. The van der Waals surface area contributed by atoms with Crippen LogP contribution < -0.4 is 16.9 Å². The van der Waals surface area contributed by atoms with Gasteiger partial charge in [0.1, 0.15) is 5.71 Å². The van der Waals surface area contributed by atoms with E-state index in [1.165, 1.54) is 0 Å². The van der Waals surface area contributed by atoms with Gasteiger partial charge in [-0.25, -0.2) is 0 Å². The number of carbonyl (C=O) groups excluding carboxylic acids is 1. The predicted octanol–water partition coefficient (Wildman–Crippen LogP) is 5.67. The number of anilines is 3. The second kappa shape index (κ2) is 8.74. The first-order valence-corrected chi connectivity index (χ1v) is 11.0. The Morgan fingerprint density at radius 1 is 1.00 bits per heavy atom. The van der Waals surface area contributed by atoms with Crippen LogP contribution in [0.5, 0.6) is 0 Å². The number of nitrogens with one attached hydrogen (secondary N) is 1. The van der Waals surface area contributed by atoms with Gasteiger partial charge in [-0.2, -0.15) is 5.10 Å². The number of Topliss-reactive ketones (excluding diaryl/α,β-unsaturated/α-hetero) is 1. The SMILES string of the molecule is Cc1cc(-c2ccc(N/N=C3\C=Cc4c(S)cc(SO)c(N)c4C3=O)c(C)c2)ccc1N. The van der Waals surface area contributed by atoms with E-state index in [1.807, 2.05) is 38.1 Å². The van der Waals surface area contributed by atoms with Gasteiger partial charge in [0, 0.05) is 28.2 Å². The molecule has 32 heavy (non-hydrogen) atoms. The van der Waals surface area contributed by atoms with Crippen LogP contribution in [0, 0.1) is 13.8 Å². The summed E-state index contributed by atoms with van der Waals surface area (Å²) in [5, 5.41) is 4.31. The molecule has 0 spiro atoms. The Hall–Kier alpha value is -3.20. The zero-order chi connectivity index (χ0) is 23.0. The van der Waals surface area contributed by atoms with Crippen LogP contribution in [0.3, 0.4) is 0 Å². The first kappa shape index (κ1) is 22.0. The Balaban J connectivity index is 1.61. The van der Waals surface area contributed by atoms with E-state index in [1.54, 1.807) is 18.2 Å². The maximum atomic E-state index is 13.0. The van der Waals surface area contributed by atoms with Crippen LogP contribution >= 0.6 is 24.7 Å². The zero-order valence-electron chi connectivity index (χ0n) is 17.5. The van der Waals surface area contributed by atoms with Gasteiger partial charge in [-0.1, -0.05) is 18.2 Å². The van der Waals surface area contributed by atoms with Crippen molar-refractivity contribution >= 4 is 59.3 Å². The minimum absolute atomic E-state index is 0.215. The Bertz CT molecular complexity index is 1320. The molecule has 162 valence electrons. The van der Waals surface area contributed by atoms with Crippen molar-refractivity contribution < 1.29 is 9.35 Å². The number of rotatable bonds is 4. The summed E-state index contributed by atoms with van der Waals surface area (Å²) < 4.78 is 9.44. The fourth-order valence-electron chi connectivity index (χ4n) is 3.56. The van der Waals surface area contributed by atoms with E-state index in [0.717, 1.165) is 33.6 Å². The molecular formula is C24H22N4O2S2. The number of hydrazone groups is 1. The van der Waals surface area contributed by atoms with Crippen molar-refractivity contribution in [1.82, 2.24) is 0 Å². The van der Waals surface area contributed by atoms with Gasteiger partial charge in [-0.3, -0.25) is 10.2 Å². The van der Waals surface area contributed by atoms with Gasteiger partial charge in [0.25, 0.3) is 0 Å². The predicted molar refractivity (Wildman–Crippen MR) is 137 cm³/mol. The Morgan fingerprint density at radius 2 is 1.69 bits per heavy atom. The number of fused-ring (bicyclic) bond motifs is 1. The lowest BCUT2D eigenvalue weighted by atomic mass is 9.93. The van der Waals surface area contributed by atoms with Crippen LogP contribution in [0.15, 0.2) is 63.4 Å². The van der Waals surface area contributed by atoms with Crippen molar-refractivity contribution in [3.8, 4) is 11.1 Å². The number of nitrogen functional groups attached to an aromatic ring is 2. The molecule has 4 rings (SSSR count). The minimum Gasteiger partial charge on any atom is -0.399 e. The minimum atomic E-state index is -0.328. The Kier molecular flexibility index (Phi) is 6.01. The van der Waals surface area contributed by atoms with Gasteiger partial charge in [0.2, 0.25) is 5.78 Å². The number of allylic oxidation sites excluding steroid dienone is 1. The molecule has 0 saturated carbocycles. The summed E-state index contributed by atoms with van der Waals surface area (Å²) in [6.07, 6.45) is 3.38. The van der Waals surface area contributed by atoms with Crippen molar-refractivity contribution in [1.29, 1.82) is 0 Å². The molecule has 0 heterocycles. The van der Waals surface area contributed by atoms with Crippen LogP contribution in [-0.4, -0.2) is 16.0 Å². The van der Waals surface area contributed by atoms with Gasteiger partial charge in [0.15, 0.2) is 0 Å². The molecule has 3 aromatic carbocycles. The molecular weight excluding hydrogens is 440 g/mol. The van der Waals surface area contributed by atoms with E-state index in [0.29, 0.717) is 33.0 Å². The van der Waals surface area contributed by atoms with Crippen molar-refractivity contribution in [3.05, 3.63) is 70.8 Å². The molecule has 6 nitrogen and oxygen atoms in total. The molecule has 0 saturated heterocycles. The zero-order valence-corrected chi connectivity index (χ0v) is 19.2. The third kappa shape index (κ3) is 4.00. The molecule has 6 N–H and O–H groups in total. The summed E-state index contributed by atoms with van der Waals surface area (Å²) in [4.78, 5) is 14.0. The van der Waals surface area contributed by atoms with Gasteiger partial charge >= 0.3 is 0 Å². The van der Waals surface area contributed by atoms with Crippen molar-refractivity contribution in [2.75, 3.05) is 16.9 Å². The van der Waals surface area contributed by atoms with Gasteiger partial charge in [-0.15, -0.1) is 12.6 Å². The molecule has 0 amide bonds. The first-order valence-electron chi connectivity index (χ1n) is 9.80. The summed E-state index contributed by atoms with van der Waals surface area (Å²) in [7, 11) is 0. The summed E-state index contributed by atoms with van der Waals surface area (Å²) in [5.74, 6) is -0.328. The number of ketones is 1. The van der Waals surface area contributed by atoms with Gasteiger partial charge in [0.05, 0.1) is 21.8 Å². The molecule has 8 heteroatoms. The van der Waals surface area contributed by atoms with Crippen LogP contribution in [0.4, 0.5) is 17.1 Å². The molecule has 0 fully saturated rings. The maximum Gasteiger partial charge on any atom is 0.215 e. The summed E-state index contributed by atoms with van der Waals surface area (Å²) in [5.41, 5.74) is 22.1. The van der Waals surface area contributed by atoms with Crippen LogP contribution in [0.1, 0.15) is 27.0 Å². The van der Waals surface area contributed by atoms with Gasteiger partial charge < -0.3 is 16.0 Å². The van der Waals surface area contributed by atoms with E-state index in [9.17, 15) is 9.35 Å². The van der Waals surface area contributed by atoms with Crippen LogP contribution in [0.2, 0.25) is 0 Å². The highest BCUT2D eigenvalue weighted by Crippen LogP contribution is 2.36. The van der Waals surface area contributed by atoms with E-state index >= 15 is 0 Å². The molecule has 0 bridgehead atoms. The summed E-state index contributed by atoms with van der Waals surface area (Å²) >= 11 is 4.89. The van der Waals surface area contributed by atoms with Crippen LogP contribution in [-0.2, 0) is 0 Å². The maximum absolute atomic E-state index is 13.0. The molecule has 0 atom stereocenters.